The molecule has 0 aromatic carbocycles. The molecule has 7 heteroatoms. The molecule has 0 N–H and O–H groups in total. The van der Waals surface area contributed by atoms with Crippen LogP contribution >= 0.6 is 23.3 Å². The largest absolute Gasteiger partial charge is 0.291 e. The second-order valence-electron chi connectivity index (χ2n) is 3.21. The normalized spacial score (nSPS) is 10.7. The molecular formula is C9H10N4OS2. The molecule has 84 valence electrons. The van der Waals surface area contributed by atoms with Gasteiger partial charge in [0.2, 0.25) is 0 Å². The van der Waals surface area contributed by atoms with E-state index in [-0.39, 0.29) is 5.56 Å². The Morgan fingerprint density at radius 2 is 2.25 bits per heavy atom. The summed E-state index contributed by atoms with van der Waals surface area (Å²) in [6, 6.07) is 1.52. The molecule has 0 bridgehead atoms. The lowest BCUT2D eigenvalue weighted by atomic mass is 10.3. The monoisotopic (exact) mass is 254 g/mol. The van der Waals surface area contributed by atoms with Crippen LogP contribution in [0.25, 0.3) is 10.6 Å². The summed E-state index contributed by atoms with van der Waals surface area (Å²) >= 11 is 2.70. The van der Waals surface area contributed by atoms with E-state index in [2.05, 4.69) is 14.6 Å². The zero-order valence-electron chi connectivity index (χ0n) is 9.09. The number of hydrogen-bond acceptors (Lipinski definition) is 6. The fraction of sp³-hybridized carbons (Fsp3) is 0.333. The van der Waals surface area contributed by atoms with Crippen molar-refractivity contribution in [3.05, 3.63) is 22.1 Å². The SMILES string of the molecule is CSc1nc(-c2snnc2C)cc(=O)n1C. The minimum absolute atomic E-state index is 0.0675. The van der Waals surface area contributed by atoms with Gasteiger partial charge >= 0.3 is 0 Å². The number of thioether (sulfide) groups is 1. The predicted molar refractivity (Wildman–Crippen MR) is 64.9 cm³/mol. The predicted octanol–water partition coefficient (Wildman–Crippen LogP) is 1.33. The van der Waals surface area contributed by atoms with Crippen molar-refractivity contribution in [3.63, 3.8) is 0 Å². The molecule has 2 rings (SSSR count). The van der Waals surface area contributed by atoms with Crippen molar-refractivity contribution in [2.75, 3.05) is 6.26 Å². The number of rotatable bonds is 2. The summed E-state index contributed by atoms with van der Waals surface area (Å²) < 4.78 is 5.37. The zero-order chi connectivity index (χ0) is 11.7. The third kappa shape index (κ3) is 1.88. The first-order valence-electron chi connectivity index (χ1n) is 4.55. The van der Waals surface area contributed by atoms with E-state index in [9.17, 15) is 4.79 Å². The van der Waals surface area contributed by atoms with Crippen molar-refractivity contribution in [3.8, 4) is 10.6 Å². The van der Waals surface area contributed by atoms with Gasteiger partial charge in [-0.05, 0) is 24.7 Å². The molecule has 0 radical (unpaired) electrons. The minimum Gasteiger partial charge on any atom is -0.291 e. The fourth-order valence-electron chi connectivity index (χ4n) is 1.28. The van der Waals surface area contributed by atoms with Gasteiger partial charge in [0.05, 0.1) is 16.3 Å². The third-order valence-corrected chi connectivity index (χ3v) is 3.74. The van der Waals surface area contributed by atoms with Gasteiger partial charge in [0.1, 0.15) is 0 Å². The Morgan fingerprint density at radius 1 is 1.50 bits per heavy atom. The van der Waals surface area contributed by atoms with Gasteiger partial charge in [0.25, 0.3) is 5.56 Å². The van der Waals surface area contributed by atoms with Gasteiger partial charge in [0, 0.05) is 13.1 Å². The smallest absolute Gasteiger partial charge is 0.254 e. The second kappa shape index (κ2) is 4.34. The standard InChI is InChI=1S/C9H10N4OS2/c1-5-8(16-12-11-5)6-4-7(14)13(2)9(10-6)15-3/h4H,1-3H3. The molecule has 2 aromatic heterocycles. The molecule has 0 aliphatic rings. The van der Waals surface area contributed by atoms with E-state index in [1.54, 1.807) is 7.05 Å². The van der Waals surface area contributed by atoms with E-state index in [4.69, 9.17) is 0 Å². The summed E-state index contributed by atoms with van der Waals surface area (Å²) in [5.41, 5.74) is 1.39. The zero-order valence-corrected chi connectivity index (χ0v) is 10.7. The van der Waals surface area contributed by atoms with Gasteiger partial charge in [-0.1, -0.05) is 16.3 Å². The number of aryl methyl sites for hydroxylation is 1. The first kappa shape index (κ1) is 11.3. The van der Waals surface area contributed by atoms with Crippen LogP contribution in [-0.4, -0.2) is 25.4 Å². The van der Waals surface area contributed by atoms with Crippen molar-refractivity contribution in [1.82, 2.24) is 19.1 Å². The minimum atomic E-state index is -0.0675. The molecule has 2 heterocycles. The van der Waals surface area contributed by atoms with Gasteiger partial charge in [-0.3, -0.25) is 9.36 Å². The van der Waals surface area contributed by atoms with Crippen LogP contribution in [0.5, 0.6) is 0 Å². The van der Waals surface area contributed by atoms with Crippen LogP contribution in [0.2, 0.25) is 0 Å². The maximum absolute atomic E-state index is 11.7. The summed E-state index contributed by atoms with van der Waals surface area (Å²) in [6.07, 6.45) is 1.89. The highest BCUT2D eigenvalue weighted by molar-refractivity contribution is 7.98. The van der Waals surface area contributed by atoms with E-state index in [0.717, 1.165) is 10.6 Å². The Labute approximate surface area is 101 Å². The molecular weight excluding hydrogens is 244 g/mol. The highest BCUT2D eigenvalue weighted by Gasteiger charge is 2.11. The lowest BCUT2D eigenvalue weighted by Gasteiger charge is -2.05. The number of nitrogens with zero attached hydrogens (tertiary/aromatic N) is 4. The van der Waals surface area contributed by atoms with E-state index < -0.39 is 0 Å². The Hall–Kier alpha value is -1.21. The highest BCUT2D eigenvalue weighted by atomic mass is 32.2. The molecule has 0 saturated carbocycles. The van der Waals surface area contributed by atoms with Crippen molar-refractivity contribution in [2.24, 2.45) is 7.05 Å². The molecule has 0 atom stereocenters. The first-order valence-corrected chi connectivity index (χ1v) is 6.54. The Bertz CT molecular complexity index is 575. The Morgan fingerprint density at radius 3 is 2.81 bits per heavy atom. The topological polar surface area (TPSA) is 60.7 Å². The van der Waals surface area contributed by atoms with E-state index in [1.807, 2.05) is 13.2 Å². The third-order valence-electron chi connectivity index (χ3n) is 2.16. The van der Waals surface area contributed by atoms with Crippen molar-refractivity contribution in [1.29, 1.82) is 0 Å². The quantitative estimate of drug-likeness (QED) is 0.597. The average Bonchev–Trinajstić information content (AvgIpc) is 2.68. The molecule has 16 heavy (non-hydrogen) atoms. The van der Waals surface area contributed by atoms with Crippen LogP contribution in [0.3, 0.4) is 0 Å². The summed E-state index contributed by atoms with van der Waals surface area (Å²) in [6.45, 7) is 1.86. The van der Waals surface area contributed by atoms with E-state index in [0.29, 0.717) is 10.9 Å². The van der Waals surface area contributed by atoms with E-state index >= 15 is 0 Å². The van der Waals surface area contributed by atoms with Gasteiger partial charge in [-0.2, -0.15) is 0 Å². The molecule has 0 spiro atoms. The Kier molecular flexibility index (Phi) is 3.06. The van der Waals surface area contributed by atoms with Crippen molar-refractivity contribution >= 4 is 23.3 Å². The summed E-state index contributed by atoms with van der Waals surface area (Å²) in [5, 5.41) is 4.60. The van der Waals surface area contributed by atoms with Crippen LogP contribution in [0.1, 0.15) is 5.69 Å². The lowest BCUT2D eigenvalue weighted by Crippen LogP contribution is -2.18. The van der Waals surface area contributed by atoms with Gasteiger partial charge < -0.3 is 0 Å². The maximum atomic E-state index is 11.7. The molecule has 0 aliphatic heterocycles. The molecule has 2 aromatic rings. The van der Waals surface area contributed by atoms with Crippen molar-refractivity contribution < 1.29 is 0 Å². The molecule has 0 saturated heterocycles. The molecule has 0 fully saturated rings. The van der Waals surface area contributed by atoms with Gasteiger partial charge in [-0.25, -0.2) is 4.98 Å². The van der Waals surface area contributed by atoms with Gasteiger partial charge in [-0.15, -0.1) is 5.10 Å². The highest BCUT2D eigenvalue weighted by Crippen LogP contribution is 2.23. The van der Waals surface area contributed by atoms with Gasteiger partial charge in [0.15, 0.2) is 5.16 Å². The van der Waals surface area contributed by atoms with Crippen LogP contribution in [0.15, 0.2) is 16.0 Å². The second-order valence-corrected chi connectivity index (χ2v) is 4.74. The lowest BCUT2D eigenvalue weighted by molar-refractivity contribution is 0.713. The summed E-state index contributed by atoms with van der Waals surface area (Å²) in [5.74, 6) is 0. The first-order chi connectivity index (χ1) is 7.63. The molecule has 0 amide bonds. The van der Waals surface area contributed by atoms with Crippen molar-refractivity contribution in [2.45, 2.75) is 12.1 Å². The van der Waals surface area contributed by atoms with E-state index in [1.165, 1.54) is 33.9 Å². The number of aromatic nitrogens is 4. The van der Waals surface area contributed by atoms with Crippen LogP contribution < -0.4 is 5.56 Å². The summed E-state index contributed by atoms with van der Waals surface area (Å²) in [7, 11) is 1.71. The average molecular weight is 254 g/mol. The molecule has 5 nitrogen and oxygen atoms in total. The number of hydrogen-bond donors (Lipinski definition) is 0. The maximum Gasteiger partial charge on any atom is 0.254 e. The molecule has 0 aliphatic carbocycles. The van der Waals surface area contributed by atoms with Crippen LogP contribution in [0, 0.1) is 6.92 Å². The Balaban J connectivity index is 2.64. The van der Waals surface area contributed by atoms with Crippen LogP contribution in [0.4, 0.5) is 0 Å². The van der Waals surface area contributed by atoms with Crippen LogP contribution in [-0.2, 0) is 7.05 Å². The molecule has 0 unspecified atom stereocenters. The summed E-state index contributed by atoms with van der Waals surface area (Å²) in [4.78, 5) is 17.0. The fourth-order valence-corrected chi connectivity index (χ4v) is 2.45.